The summed E-state index contributed by atoms with van der Waals surface area (Å²) in [5.41, 5.74) is 1.10. The minimum absolute atomic E-state index is 0.0874. The summed E-state index contributed by atoms with van der Waals surface area (Å²) in [6.07, 6.45) is 5.19. The Balaban J connectivity index is 2.04. The highest BCUT2D eigenvalue weighted by molar-refractivity contribution is 6.33. The number of rotatable bonds is 8. The van der Waals surface area contributed by atoms with Gasteiger partial charge in [-0.05, 0) is 48.7 Å². The molecule has 0 radical (unpaired) electrons. The topological polar surface area (TPSA) is 67.9 Å². The van der Waals surface area contributed by atoms with E-state index in [-0.39, 0.29) is 17.8 Å². The molecule has 2 aromatic rings. The van der Waals surface area contributed by atoms with Crippen molar-refractivity contribution in [2.24, 2.45) is 0 Å². The monoisotopic (exact) mass is 478 g/mol. The molecule has 1 saturated carbocycles. The maximum Gasteiger partial charge on any atom is 0.248 e. The molecule has 0 aliphatic heterocycles. The molecule has 172 valence electrons. The first kappa shape index (κ1) is 24.2. The van der Waals surface area contributed by atoms with E-state index in [0.717, 1.165) is 25.7 Å². The number of alkyl halides is 1. The van der Waals surface area contributed by atoms with Crippen LogP contribution >= 0.6 is 23.2 Å². The summed E-state index contributed by atoms with van der Waals surface area (Å²) < 4.78 is 10.5. The fourth-order valence-corrected chi connectivity index (χ4v) is 4.42. The minimum atomic E-state index is -0.918. The van der Waals surface area contributed by atoms with Gasteiger partial charge in [0.2, 0.25) is 11.8 Å². The molecule has 6 nitrogen and oxygen atoms in total. The van der Waals surface area contributed by atoms with E-state index >= 15 is 0 Å². The average Bonchev–Trinajstić information content (AvgIpc) is 2.82. The van der Waals surface area contributed by atoms with Crippen LogP contribution in [0.3, 0.4) is 0 Å². The molecule has 2 amide bonds. The molecule has 1 aliphatic rings. The van der Waals surface area contributed by atoms with Gasteiger partial charge in [0.1, 0.15) is 23.4 Å². The molecule has 0 spiro atoms. The number of carbonyl (C=O) groups excluding carboxylic acids is 2. The van der Waals surface area contributed by atoms with Gasteiger partial charge in [0.15, 0.2) is 0 Å². The second-order valence-corrected chi connectivity index (χ2v) is 8.41. The van der Waals surface area contributed by atoms with Gasteiger partial charge in [0, 0.05) is 11.7 Å². The van der Waals surface area contributed by atoms with Crippen molar-refractivity contribution in [3.8, 4) is 11.5 Å². The number of nitrogens with one attached hydrogen (secondary N) is 1. The number of amides is 2. The number of carbonyl (C=O) groups is 2. The molecule has 0 unspecified atom stereocenters. The first-order chi connectivity index (χ1) is 15.5. The Morgan fingerprint density at radius 2 is 1.75 bits per heavy atom. The van der Waals surface area contributed by atoms with E-state index in [1.807, 2.05) is 0 Å². The van der Waals surface area contributed by atoms with Crippen LogP contribution in [0.1, 0.15) is 43.7 Å². The van der Waals surface area contributed by atoms with Crippen LogP contribution in [-0.4, -0.2) is 38.0 Å². The molecule has 1 N–H and O–H groups in total. The standard InChI is InChI=1S/C24H28Cl2N2O4/c1-31-19-11-8-16(9-12-19)23(24(30)27-17-6-4-3-5-7-17)28(22(29)15-25)18-10-13-21(32-2)20(26)14-18/h8-14,17,23H,3-7,15H2,1-2H3,(H,27,30)/t23-/m1/s1. The van der Waals surface area contributed by atoms with Crippen LogP contribution in [0.2, 0.25) is 5.02 Å². The molecule has 0 bridgehead atoms. The van der Waals surface area contributed by atoms with E-state index in [4.69, 9.17) is 32.7 Å². The Kier molecular flexibility index (Phi) is 8.65. The molecule has 1 atom stereocenters. The number of ether oxygens (including phenoxy) is 2. The van der Waals surface area contributed by atoms with Crippen molar-refractivity contribution in [1.29, 1.82) is 0 Å². The molecule has 0 aromatic heterocycles. The molecule has 0 saturated heterocycles. The van der Waals surface area contributed by atoms with Crippen LogP contribution in [0.4, 0.5) is 5.69 Å². The number of methoxy groups -OCH3 is 2. The highest BCUT2D eigenvalue weighted by atomic mass is 35.5. The Labute approximate surface area is 198 Å². The lowest BCUT2D eigenvalue weighted by atomic mass is 9.94. The predicted octanol–water partition coefficient (Wildman–Crippen LogP) is 5.12. The largest absolute Gasteiger partial charge is 0.497 e. The summed E-state index contributed by atoms with van der Waals surface area (Å²) >= 11 is 12.3. The van der Waals surface area contributed by atoms with Crippen LogP contribution in [-0.2, 0) is 9.59 Å². The number of hydrogen-bond donors (Lipinski definition) is 1. The fraction of sp³-hybridized carbons (Fsp3) is 0.417. The lowest BCUT2D eigenvalue weighted by molar-refractivity contribution is -0.126. The SMILES string of the molecule is COc1ccc([C@H](C(=O)NC2CCCCC2)N(C(=O)CCl)c2ccc(OC)c(Cl)c2)cc1. The van der Waals surface area contributed by atoms with Gasteiger partial charge in [-0.3, -0.25) is 14.5 Å². The van der Waals surface area contributed by atoms with Crippen LogP contribution in [0, 0.1) is 0 Å². The number of benzene rings is 2. The summed E-state index contributed by atoms with van der Waals surface area (Å²) in [6, 6.07) is 11.2. The van der Waals surface area contributed by atoms with Gasteiger partial charge in [-0.25, -0.2) is 0 Å². The summed E-state index contributed by atoms with van der Waals surface area (Å²) in [5, 5.41) is 3.48. The van der Waals surface area contributed by atoms with E-state index in [2.05, 4.69) is 5.32 Å². The third-order valence-corrected chi connectivity index (χ3v) is 6.21. The molecular formula is C24H28Cl2N2O4. The minimum Gasteiger partial charge on any atom is -0.497 e. The molecular weight excluding hydrogens is 451 g/mol. The van der Waals surface area contributed by atoms with Crippen molar-refractivity contribution >= 4 is 40.7 Å². The molecule has 32 heavy (non-hydrogen) atoms. The molecule has 2 aromatic carbocycles. The average molecular weight is 479 g/mol. The van der Waals surface area contributed by atoms with Crippen molar-refractivity contribution in [2.45, 2.75) is 44.2 Å². The summed E-state index contributed by atoms with van der Waals surface area (Å²) in [5.74, 6) is 0.178. The summed E-state index contributed by atoms with van der Waals surface area (Å²) in [6.45, 7) is 0. The van der Waals surface area contributed by atoms with Crippen LogP contribution in [0.5, 0.6) is 11.5 Å². The third kappa shape index (κ3) is 5.67. The van der Waals surface area contributed by atoms with E-state index in [9.17, 15) is 9.59 Å². The molecule has 8 heteroatoms. The van der Waals surface area contributed by atoms with Crippen LogP contribution in [0.15, 0.2) is 42.5 Å². The highest BCUT2D eigenvalue weighted by Gasteiger charge is 2.34. The third-order valence-electron chi connectivity index (χ3n) is 5.69. The second kappa shape index (κ2) is 11.4. The number of hydrogen-bond acceptors (Lipinski definition) is 4. The molecule has 0 heterocycles. The summed E-state index contributed by atoms with van der Waals surface area (Å²) in [7, 11) is 3.09. The normalized spacial score (nSPS) is 15.0. The van der Waals surface area contributed by atoms with Gasteiger partial charge in [0.25, 0.3) is 0 Å². The molecule has 1 aliphatic carbocycles. The first-order valence-electron chi connectivity index (χ1n) is 10.6. The number of anilines is 1. The number of halogens is 2. The van der Waals surface area contributed by atoms with Crippen molar-refractivity contribution in [3.63, 3.8) is 0 Å². The first-order valence-corrected chi connectivity index (χ1v) is 11.6. The maximum atomic E-state index is 13.6. The van der Waals surface area contributed by atoms with E-state index in [0.29, 0.717) is 27.8 Å². The lowest BCUT2D eigenvalue weighted by Gasteiger charge is -2.33. The zero-order chi connectivity index (χ0) is 23.1. The van der Waals surface area contributed by atoms with Gasteiger partial charge in [-0.15, -0.1) is 11.6 Å². The van der Waals surface area contributed by atoms with Crippen molar-refractivity contribution < 1.29 is 19.1 Å². The Hall–Kier alpha value is -2.44. The highest BCUT2D eigenvalue weighted by Crippen LogP contribution is 2.35. The van der Waals surface area contributed by atoms with Crippen LogP contribution in [0.25, 0.3) is 0 Å². The molecule has 1 fully saturated rings. The lowest BCUT2D eigenvalue weighted by Crippen LogP contribution is -2.47. The zero-order valence-corrected chi connectivity index (χ0v) is 19.8. The molecule has 3 rings (SSSR count). The predicted molar refractivity (Wildman–Crippen MR) is 127 cm³/mol. The van der Waals surface area contributed by atoms with E-state index < -0.39 is 11.9 Å². The van der Waals surface area contributed by atoms with Crippen molar-refractivity contribution in [2.75, 3.05) is 25.0 Å². The van der Waals surface area contributed by atoms with Crippen molar-refractivity contribution in [3.05, 3.63) is 53.1 Å². The van der Waals surface area contributed by atoms with E-state index in [1.165, 1.54) is 18.4 Å². The Morgan fingerprint density at radius 3 is 2.31 bits per heavy atom. The summed E-state index contributed by atoms with van der Waals surface area (Å²) in [4.78, 5) is 28.0. The second-order valence-electron chi connectivity index (χ2n) is 7.74. The van der Waals surface area contributed by atoms with Gasteiger partial charge in [-0.2, -0.15) is 0 Å². The van der Waals surface area contributed by atoms with E-state index in [1.54, 1.807) is 49.6 Å². The Morgan fingerprint density at radius 1 is 1.06 bits per heavy atom. The quantitative estimate of drug-likeness (QED) is 0.534. The van der Waals surface area contributed by atoms with Gasteiger partial charge < -0.3 is 14.8 Å². The van der Waals surface area contributed by atoms with Crippen LogP contribution < -0.4 is 19.7 Å². The Bertz CT molecular complexity index is 930. The number of nitrogens with zero attached hydrogens (tertiary/aromatic N) is 1. The smallest absolute Gasteiger partial charge is 0.248 e. The van der Waals surface area contributed by atoms with Crippen molar-refractivity contribution in [1.82, 2.24) is 5.32 Å². The van der Waals surface area contributed by atoms with Gasteiger partial charge in [0.05, 0.1) is 19.2 Å². The van der Waals surface area contributed by atoms with Gasteiger partial charge in [-0.1, -0.05) is 43.0 Å². The fourth-order valence-electron chi connectivity index (χ4n) is 4.04. The van der Waals surface area contributed by atoms with Gasteiger partial charge >= 0.3 is 0 Å². The maximum absolute atomic E-state index is 13.6. The zero-order valence-electron chi connectivity index (χ0n) is 18.3.